The van der Waals surface area contributed by atoms with Crippen LogP contribution in [-0.4, -0.2) is 15.9 Å². The summed E-state index contributed by atoms with van der Waals surface area (Å²) in [6.07, 6.45) is 6.68. The molecule has 4 heteroatoms. The van der Waals surface area contributed by atoms with E-state index in [-0.39, 0.29) is 5.54 Å². The first kappa shape index (κ1) is 7.95. The van der Waals surface area contributed by atoms with Crippen molar-refractivity contribution in [3.05, 3.63) is 24.5 Å². The van der Waals surface area contributed by atoms with E-state index < -0.39 is 0 Å². The van der Waals surface area contributed by atoms with Crippen LogP contribution in [0.4, 0.5) is 0 Å². The Morgan fingerprint density at radius 1 is 1.77 bits per heavy atom. The summed E-state index contributed by atoms with van der Waals surface area (Å²) in [6.45, 7) is 3.63. The van der Waals surface area contributed by atoms with Crippen LogP contribution in [0.3, 0.4) is 0 Å². The maximum atomic E-state index is 10.2. The molecular formula is C9H9N3O. The fourth-order valence-electron chi connectivity index (χ4n) is 1.46. The molecule has 1 aliphatic carbocycles. The first-order valence-electron chi connectivity index (χ1n) is 4.08. The lowest BCUT2D eigenvalue weighted by Gasteiger charge is -2.07. The number of carbonyl (C=O) groups excluding carboxylic acids is 1. The third kappa shape index (κ3) is 1.12. The Morgan fingerprint density at radius 2 is 2.54 bits per heavy atom. The van der Waals surface area contributed by atoms with Crippen LogP contribution in [-0.2, 0) is 10.3 Å². The SMILES string of the molecule is C=Cn1nccc1C1(N=C=O)CC1. The van der Waals surface area contributed by atoms with Crippen molar-refractivity contribution < 1.29 is 4.79 Å². The molecule has 0 amide bonds. The van der Waals surface area contributed by atoms with Gasteiger partial charge in [-0.25, -0.2) is 9.48 Å². The van der Waals surface area contributed by atoms with E-state index in [0.717, 1.165) is 18.5 Å². The zero-order chi connectivity index (χ0) is 9.31. The Balaban J connectivity index is 2.45. The van der Waals surface area contributed by atoms with Gasteiger partial charge in [-0.3, -0.25) is 0 Å². The Labute approximate surface area is 75.6 Å². The van der Waals surface area contributed by atoms with E-state index in [1.807, 2.05) is 6.07 Å². The van der Waals surface area contributed by atoms with E-state index in [0.29, 0.717) is 0 Å². The van der Waals surface area contributed by atoms with Crippen molar-refractivity contribution in [2.45, 2.75) is 18.4 Å². The van der Waals surface area contributed by atoms with Gasteiger partial charge in [0.15, 0.2) is 0 Å². The summed E-state index contributed by atoms with van der Waals surface area (Å²) in [5.74, 6) is 0. The summed E-state index contributed by atoms with van der Waals surface area (Å²) >= 11 is 0. The fourth-order valence-corrected chi connectivity index (χ4v) is 1.46. The molecule has 1 aromatic rings. The van der Waals surface area contributed by atoms with Crippen LogP contribution in [0, 0.1) is 0 Å². The minimum Gasteiger partial charge on any atom is -0.243 e. The zero-order valence-electron chi connectivity index (χ0n) is 7.10. The van der Waals surface area contributed by atoms with Crippen molar-refractivity contribution in [2.75, 3.05) is 0 Å². The largest absolute Gasteiger partial charge is 0.243 e. The van der Waals surface area contributed by atoms with E-state index in [4.69, 9.17) is 0 Å². The predicted molar refractivity (Wildman–Crippen MR) is 47.6 cm³/mol. The van der Waals surface area contributed by atoms with Crippen molar-refractivity contribution in [1.82, 2.24) is 9.78 Å². The third-order valence-electron chi connectivity index (χ3n) is 2.30. The predicted octanol–water partition coefficient (Wildman–Crippen LogP) is 1.31. The summed E-state index contributed by atoms with van der Waals surface area (Å²) in [6, 6.07) is 1.86. The molecule has 1 aromatic heterocycles. The molecule has 0 spiro atoms. The molecule has 0 aromatic carbocycles. The van der Waals surface area contributed by atoms with Gasteiger partial charge in [0.2, 0.25) is 6.08 Å². The van der Waals surface area contributed by atoms with Crippen LogP contribution in [0.5, 0.6) is 0 Å². The highest BCUT2D eigenvalue weighted by Gasteiger charge is 2.47. The van der Waals surface area contributed by atoms with Gasteiger partial charge in [-0.1, -0.05) is 6.58 Å². The summed E-state index contributed by atoms with van der Waals surface area (Å²) in [7, 11) is 0. The molecule has 0 N–H and O–H groups in total. The Kier molecular flexibility index (Phi) is 1.64. The normalized spacial score (nSPS) is 17.5. The van der Waals surface area contributed by atoms with Gasteiger partial charge in [-0.2, -0.15) is 10.1 Å². The van der Waals surface area contributed by atoms with Gasteiger partial charge in [-0.15, -0.1) is 0 Å². The summed E-state index contributed by atoms with van der Waals surface area (Å²) in [4.78, 5) is 14.0. The van der Waals surface area contributed by atoms with Gasteiger partial charge in [0.25, 0.3) is 0 Å². The smallest absolute Gasteiger partial charge is 0.235 e. The van der Waals surface area contributed by atoms with Crippen molar-refractivity contribution in [1.29, 1.82) is 0 Å². The standard InChI is InChI=1S/C9H9N3O/c1-2-12-8(3-6-11-12)9(4-5-9)10-7-13/h2-3,6H,1,4-5H2. The average Bonchev–Trinajstić information content (AvgIpc) is 2.77. The molecule has 0 unspecified atom stereocenters. The summed E-state index contributed by atoms with van der Waals surface area (Å²) < 4.78 is 1.65. The van der Waals surface area contributed by atoms with Crippen LogP contribution in [0.2, 0.25) is 0 Å². The lowest BCUT2D eigenvalue weighted by molar-refractivity contribution is 0.553. The number of isocyanates is 1. The Morgan fingerprint density at radius 3 is 3.08 bits per heavy atom. The molecule has 1 heterocycles. The molecule has 4 nitrogen and oxygen atoms in total. The maximum Gasteiger partial charge on any atom is 0.235 e. The van der Waals surface area contributed by atoms with Crippen molar-refractivity contribution in [3.8, 4) is 0 Å². The molecule has 0 atom stereocenters. The van der Waals surface area contributed by atoms with E-state index in [1.165, 1.54) is 0 Å². The topological polar surface area (TPSA) is 47.2 Å². The summed E-state index contributed by atoms with van der Waals surface area (Å²) in [5, 5.41) is 4.03. The lowest BCUT2D eigenvalue weighted by atomic mass is 10.2. The van der Waals surface area contributed by atoms with Gasteiger partial charge >= 0.3 is 0 Å². The van der Waals surface area contributed by atoms with E-state index in [1.54, 1.807) is 23.2 Å². The molecule has 66 valence electrons. The molecule has 0 saturated heterocycles. The number of nitrogens with zero attached hydrogens (tertiary/aromatic N) is 3. The van der Waals surface area contributed by atoms with E-state index in [2.05, 4.69) is 16.7 Å². The molecule has 1 saturated carbocycles. The van der Waals surface area contributed by atoms with Gasteiger partial charge in [-0.05, 0) is 18.9 Å². The van der Waals surface area contributed by atoms with Crippen LogP contribution < -0.4 is 0 Å². The lowest BCUT2D eigenvalue weighted by Crippen LogP contribution is -2.08. The number of hydrogen-bond donors (Lipinski definition) is 0. The number of rotatable bonds is 3. The van der Waals surface area contributed by atoms with Gasteiger partial charge in [0, 0.05) is 12.4 Å². The van der Waals surface area contributed by atoms with Crippen LogP contribution >= 0.6 is 0 Å². The molecule has 13 heavy (non-hydrogen) atoms. The van der Waals surface area contributed by atoms with Gasteiger partial charge < -0.3 is 0 Å². The molecule has 2 rings (SSSR count). The number of aliphatic imine (C=N–C) groups is 1. The molecule has 1 aliphatic rings. The van der Waals surface area contributed by atoms with Crippen LogP contribution in [0.25, 0.3) is 6.20 Å². The van der Waals surface area contributed by atoms with Gasteiger partial charge in [0.1, 0.15) is 5.54 Å². The first-order valence-corrected chi connectivity index (χ1v) is 4.08. The zero-order valence-corrected chi connectivity index (χ0v) is 7.10. The van der Waals surface area contributed by atoms with Crippen LogP contribution in [0.15, 0.2) is 23.8 Å². The third-order valence-corrected chi connectivity index (χ3v) is 2.30. The molecule has 0 radical (unpaired) electrons. The minimum absolute atomic E-state index is 0.355. The molecular weight excluding hydrogens is 166 g/mol. The minimum atomic E-state index is -0.355. The highest BCUT2D eigenvalue weighted by Crippen LogP contribution is 2.48. The Hall–Kier alpha value is -1.67. The van der Waals surface area contributed by atoms with Crippen molar-refractivity contribution in [2.24, 2.45) is 4.99 Å². The number of aromatic nitrogens is 2. The molecule has 0 bridgehead atoms. The highest BCUT2D eigenvalue weighted by molar-refractivity contribution is 5.40. The number of hydrogen-bond acceptors (Lipinski definition) is 3. The summed E-state index contributed by atoms with van der Waals surface area (Å²) in [5.41, 5.74) is 0.567. The Bertz CT molecular complexity index is 383. The second kappa shape index (κ2) is 2.68. The van der Waals surface area contributed by atoms with Crippen LogP contribution in [0.1, 0.15) is 18.5 Å². The van der Waals surface area contributed by atoms with E-state index >= 15 is 0 Å². The molecule has 1 fully saturated rings. The van der Waals surface area contributed by atoms with Gasteiger partial charge in [0.05, 0.1) is 5.69 Å². The average molecular weight is 175 g/mol. The second-order valence-electron chi connectivity index (χ2n) is 3.08. The first-order chi connectivity index (χ1) is 6.32. The maximum absolute atomic E-state index is 10.2. The quantitative estimate of drug-likeness (QED) is 0.513. The highest BCUT2D eigenvalue weighted by atomic mass is 16.1. The molecule has 0 aliphatic heterocycles. The second-order valence-corrected chi connectivity index (χ2v) is 3.08. The van der Waals surface area contributed by atoms with Crippen molar-refractivity contribution >= 4 is 12.3 Å². The van der Waals surface area contributed by atoms with Crippen molar-refractivity contribution in [3.63, 3.8) is 0 Å². The van der Waals surface area contributed by atoms with E-state index in [9.17, 15) is 4.79 Å². The fraction of sp³-hybridized carbons (Fsp3) is 0.333. The monoisotopic (exact) mass is 175 g/mol.